The van der Waals surface area contributed by atoms with Crippen molar-refractivity contribution in [1.29, 1.82) is 0 Å². The molecule has 4 heteroatoms. The number of halogens is 2. The highest BCUT2D eigenvalue weighted by molar-refractivity contribution is 7.16. The molecule has 1 aliphatic rings. The van der Waals surface area contributed by atoms with E-state index in [4.69, 9.17) is 23.2 Å². The predicted molar refractivity (Wildman–Crippen MR) is 92.8 cm³/mol. The Kier molecular flexibility index (Phi) is 4.90. The minimum absolute atomic E-state index is 0.415. The van der Waals surface area contributed by atoms with Crippen molar-refractivity contribution >= 4 is 34.5 Å². The first-order valence-corrected chi connectivity index (χ1v) is 8.97. The van der Waals surface area contributed by atoms with Crippen LogP contribution in [0.15, 0.2) is 30.3 Å². The second kappa shape index (κ2) is 6.70. The van der Waals surface area contributed by atoms with Crippen LogP contribution in [-0.2, 0) is 12.8 Å². The van der Waals surface area contributed by atoms with Gasteiger partial charge in [0.15, 0.2) is 0 Å². The van der Waals surface area contributed by atoms with Crippen LogP contribution < -0.4 is 5.32 Å². The number of hydrogen-bond donors (Lipinski definition) is 1. The van der Waals surface area contributed by atoms with Gasteiger partial charge in [-0.15, -0.1) is 11.3 Å². The first-order chi connectivity index (χ1) is 10.1. The standard InChI is InChI=1S/C17H19Cl2NS/c1-11(8-12-4-2-5-13(18)9-12)20-15-6-3-7-16-14(15)10-17(19)21-16/h2,4-5,9-11,15,20H,3,6-8H2,1H3. The summed E-state index contributed by atoms with van der Waals surface area (Å²) in [7, 11) is 0. The Labute approximate surface area is 140 Å². The molecule has 0 fully saturated rings. The summed E-state index contributed by atoms with van der Waals surface area (Å²) in [5.41, 5.74) is 2.69. The second-order valence-corrected chi connectivity index (χ2v) is 7.98. The summed E-state index contributed by atoms with van der Waals surface area (Å²) in [6.45, 7) is 2.24. The van der Waals surface area contributed by atoms with Crippen LogP contribution in [0.3, 0.4) is 0 Å². The van der Waals surface area contributed by atoms with Crippen LogP contribution in [0.25, 0.3) is 0 Å². The van der Waals surface area contributed by atoms with E-state index in [-0.39, 0.29) is 0 Å². The van der Waals surface area contributed by atoms with Crippen LogP contribution in [-0.4, -0.2) is 6.04 Å². The van der Waals surface area contributed by atoms with E-state index in [9.17, 15) is 0 Å². The molecular weight excluding hydrogens is 321 g/mol. The number of thiophene rings is 1. The zero-order chi connectivity index (χ0) is 14.8. The molecule has 2 unspecified atom stereocenters. The van der Waals surface area contributed by atoms with E-state index in [1.807, 2.05) is 18.2 Å². The number of benzene rings is 1. The van der Waals surface area contributed by atoms with Crippen molar-refractivity contribution in [1.82, 2.24) is 5.32 Å². The fourth-order valence-electron chi connectivity index (χ4n) is 3.11. The van der Waals surface area contributed by atoms with Gasteiger partial charge in [0.1, 0.15) is 0 Å². The molecule has 1 nitrogen and oxygen atoms in total. The molecular formula is C17H19Cl2NS. The number of rotatable bonds is 4. The Morgan fingerprint density at radius 1 is 1.33 bits per heavy atom. The molecule has 0 amide bonds. The summed E-state index contributed by atoms with van der Waals surface area (Å²) in [4.78, 5) is 1.46. The van der Waals surface area contributed by atoms with Gasteiger partial charge < -0.3 is 5.32 Å². The Bertz CT molecular complexity index is 623. The van der Waals surface area contributed by atoms with E-state index in [1.54, 1.807) is 11.3 Å². The molecule has 1 heterocycles. The highest BCUT2D eigenvalue weighted by atomic mass is 35.5. The minimum atomic E-state index is 0.415. The summed E-state index contributed by atoms with van der Waals surface area (Å²) in [5.74, 6) is 0. The lowest BCUT2D eigenvalue weighted by Gasteiger charge is -2.27. The molecule has 1 aromatic heterocycles. The lowest BCUT2D eigenvalue weighted by molar-refractivity contribution is 0.409. The Hall–Kier alpha value is -0.540. The average Bonchev–Trinajstić information content (AvgIpc) is 2.80. The molecule has 2 atom stereocenters. The number of nitrogens with one attached hydrogen (secondary N) is 1. The van der Waals surface area contributed by atoms with Crippen LogP contribution in [0, 0.1) is 0 Å². The van der Waals surface area contributed by atoms with Crippen LogP contribution in [0.2, 0.25) is 9.36 Å². The molecule has 3 rings (SSSR count). The average molecular weight is 340 g/mol. The third kappa shape index (κ3) is 3.81. The maximum atomic E-state index is 6.18. The van der Waals surface area contributed by atoms with Crippen LogP contribution in [0.5, 0.6) is 0 Å². The van der Waals surface area contributed by atoms with E-state index in [0.29, 0.717) is 12.1 Å². The molecule has 0 radical (unpaired) electrons. The molecule has 1 aromatic carbocycles. The summed E-state index contributed by atoms with van der Waals surface area (Å²) in [6.07, 6.45) is 4.60. The maximum Gasteiger partial charge on any atom is 0.0934 e. The summed E-state index contributed by atoms with van der Waals surface area (Å²) >= 11 is 14.0. The lowest BCUT2D eigenvalue weighted by atomic mass is 9.93. The fraction of sp³-hybridized carbons (Fsp3) is 0.412. The first kappa shape index (κ1) is 15.4. The van der Waals surface area contributed by atoms with Crippen LogP contribution >= 0.6 is 34.5 Å². The van der Waals surface area contributed by atoms with E-state index in [0.717, 1.165) is 15.8 Å². The largest absolute Gasteiger partial charge is 0.307 e. The van der Waals surface area contributed by atoms with Crippen molar-refractivity contribution in [2.24, 2.45) is 0 Å². The topological polar surface area (TPSA) is 12.0 Å². The molecule has 0 saturated carbocycles. The third-order valence-electron chi connectivity index (χ3n) is 4.00. The molecule has 112 valence electrons. The fourth-order valence-corrected chi connectivity index (χ4v) is 4.71. The van der Waals surface area contributed by atoms with Crippen molar-refractivity contribution in [2.45, 2.75) is 44.7 Å². The minimum Gasteiger partial charge on any atom is -0.307 e. The Morgan fingerprint density at radius 3 is 3.00 bits per heavy atom. The summed E-state index contributed by atoms with van der Waals surface area (Å²) in [6, 6.07) is 11.1. The third-order valence-corrected chi connectivity index (χ3v) is 5.58. The van der Waals surface area contributed by atoms with Gasteiger partial charge in [0, 0.05) is 22.0 Å². The van der Waals surface area contributed by atoms with E-state index < -0.39 is 0 Å². The van der Waals surface area contributed by atoms with Crippen LogP contribution in [0.4, 0.5) is 0 Å². The van der Waals surface area contributed by atoms with Crippen LogP contribution in [0.1, 0.15) is 41.8 Å². The Morgan fingerprint density at radius 2 is 2.19 bits per heavy atom. The van der Waals surface area contributed by atoms with Gasteiger partial charge in [0.2, 0.25) is 0 Å². The second-order valence-electron chi connectivity index (χ2n) is 5.78. The van der Waals surface area contributed by atoms with Gasteiger partial charge in [-0.2, -0.15) is 0 Å². The van der Waals surface area contributed by atoms with Crippen molar-refractivity contribution < 1.29 is 0 Å². The molecule has 21 heavy (non-hydrogen) atoms. The maximum absolute atomic E-state index is 6.18. The summed E-state index contributed by atoms with van der Waals surface area (Å²) in [5, 5.41) is 4.57. The first-order valence-electron chi connectivity index (χ1n) is 7.40. The molecule has 1 aliphatic carbocycles. The van der Waals surface area contributed by atoms with Gasteiger partial charge >= 0.3 is 0 Å². The highest BCUT2D eigenvalue weighted by Crippen LogP contribution is 2.38. The molecule has 1 N–H and O–H groups in total. The van der Waals surface area contributed by atoms with Crippen molar-refractivity contribution in [2.75, 3.05) is 0 Å². The lowest BCUT2D eigenvalue weighted by Crippen LogP contribution is -2.33. The summed E-state index contributed by atoms with van der Waals surface area (Å²) < 4.78 is 0.913. The Balaban J connectivity index is 1.67. The molecule has 0 bridgehead atoms. The predicted octanol–water partition coefficient (Wildman–Crippen LogP) is 5.65. The molecule has 0 spiro atoms. The smallest absolute Gasteiger partial charge is 0.0934 e. The van der Waals surface area contributed by atoms with Crippen molar-refractivity contribution in [3.8, 4) is 0 Å². The zero-order valence-electron chi connectivity index (χ0n) is 12.0. The highest BCUT2D eigenvalue weighted by Gasteiger charge is 2.23. The SMILES string of the molecule is CC(Cc1cccc(Cl)c1)NC1CCCc2sc(Cl)cc21. The van der Waals surface area contributed by atoms with Gasteiger partial charge in [-0.05, 0) is 61.9 Å². The number of aryl methyl sites for hydroxylation is 1. The van der Waals surface area contributed by atoms with E-state index in [1.165, 1.54) is 35.3 Å². The van der Waals surface area contributed by atoms with E-state index >= 15 is 0 Å². The zero-order valence-corrected chi connectivity index (χ0v) is 14.4. The quantitative estimate of drug-likeness (QED) is 0.758. The normalized spacial score (nSPS) is 19.3. The van der Waals surface area contributed by atoms with Gasteiger partial charge in [0.25, 0.3) is 0 Å². The van der Waals surface area contributed by atoms with Gasteiger partial charge in [0.05, 0.1) is 4.34 Å². The number of fused-ring (bicyclic) bond motifs is 1. The van der Waals surface area contributed by atoms with E-state index in [2.05, 4.69) is 24.4 Å². The van der Waals surface area contributed by atoms with Gasteiger partial charge in [-0.1, -0.05) is 35.3 Å². The van der Waals surface area contributed by atoms with Gasteiger partial charge in [-0.3, -0.25) is 0 Å². The van der Waals surface area contributed by atoms with Crippen molar-refractivity contribution in [3.63, 3.8) is 0 Å². The molecule has 0 saturated heterocycles. The molecule has 2 aromatic rings. The number of hydrogen-bond acceptors (Lipinski definition) is 2. The molecule has 0 aliphatic heterocycles. The van der Waals surface area contributed by atoms with Gasteiger partial charge in [-0.25, -0.2) is 0 Å². The van der Waals surface area contributed by atoms with Crippen molar-refractivity contribution in [3.05, 3.63) is 55.7 Å². The monoisotopic (exact) mass is 339 g/mol.